The van der Waals surface area contributed by atoms with E-state index in [9.17, 15) is 4.79 Å². The maximum atomic E-state index is 11.2. The highest BCUT2D eigenvalue weighted by molar-refractivity contribution is 5.72. The summed E-state index contributed by atoms with van der Waals surface area (Å²) in [6.45, 7) is 1.93. The molecule has 0 fully saturated rings. The summed E-state index contributed by atoms with van der Waals surface area (Å²) in [7, 11) is 0. The molecule has 0 saturated heterocycles. The van der Waals surface area contributed by atoms with Gasteiger partial charge in [0, 0.05) is 6.42 Å². The average molecular weight is 190 g/mol. The number of ether oxygens (including phenoxy) is 1. The number of benzene rings is 1. The van der Waals surface area contributed by atoms with E-state index in [4.69, 9.17) is 4.74 Å². The van der Waals surface area contributed by atoms with Crippen molar-refractivity contribution >= 4 is 5.97 Å². The average Bonchev–Trinajstić information content (AvgIpc) is 2.20. The first-order valence-corrected chi connectivity index (χ1v) is 4.70. The van der Waals surface area contributed by atoms with Gasteiger partial charge in [0.05, 0.1) is 0 Å². The van der Waals surface area contributed by atoms with Gasteiger partial charge in [-0.1, -0.05) is 30.4 Å². The Morgan fingerprint density at radius 3 is 2.71 bits per heavy atom. The smallest absolute Gasteiger partial charge is 0.311 e. The van der Waals surface area contributed by atoms with Gasteiger partial charge in [-0.05, 0) is 25.5 Å². The first-order valence-electron chi connectivity index (χ1n) is 4.70. The highest BCUT2D eigenvalue weighted by atomic mass is 16.5. The van der Waals surface area contributed by atoms with Crippen molar-refractivity contribution in [1.29, 1.82) is 0 Å². The lowest BCUT2D eigenvalue weighted by atomic mass is 10.3. The van der Waals surface area contributed by atoms with Crippen LogP contribution in [0.1, 0.15) is 19.8 Å². The fraction of sp³-hybridized carbons (Fsp3) is 0.250. The minimum absolute atomic E-state index is 0.186. The van der Waals surface area contributed by atoms with Crippen LogP contribution >= 0.6 is 0 Å². The Morgan fingerprint density at radius 1 is 1.36 bits per heavy atom. The molecule has 1 aromatic rings. The molecule has 0 aliphatic rings. The van der Waals surface area contributed by atoms with Crippen molar-refractivity contribution < 1.29 is 9.53 Å². The van der Waals surface area contributed by atoms with Gasteiger partial charge >= 0.3 is 5.97 Å². The molecule has 0 saturated carbocycles. The van der Waals surface area contributed by atoms with Crippen LogP contribution in [0.25, 0.3) is 0 Å². The first-order chi connectivity index (χ1) is 6.83. The molecule has 0 aliphatic heterocycles. The van der Waals surface area contributed by atoms with Crippen molar-refractivity contribution in [2.24, 2.45) is 0 Å². The van der Waals surface area contributed by atoms with Crippen molar-refractivity contribution in [1.82, 2.24) is 0 Å². The van der Waals surface area contributed by atoms with E-state index in [1.165, 1.54) is 0 Å². The molecule has 0 radical (unpaired) electrons. The molecule has 0 N–H and O–H groups in total. The fourth-order valence-electron chi connectivity index (χ4n) is 1.04. The minimum atomic E-state index is -0.186. The lowest BCUT2D eigenvalue weighted by molar-refractivity contribution is -0.134. The predicted molar refractivity (Wildman–Crippen MR) is 56.1 cm³/mol. The van der Waals surface area contributed by atoms with E-state index < -0.39 is 0 Å². The van der Waals surface area contributed by atoms with Crippen LogP contribution in [-0.2, 0) is 4.79 Å². The molecule has 0 unspecified atom stereocenters. The van der Waals surface area contributed by atoms with Crippen LogP contribution in [0.4, 0.5) is 0 Å². The Kier molecular flexibility index (Phi) is 4.48. The number of esters is 1. The molecule has 1 aromatic carbocycles. The summed E-state index contributed by atoms with van der Waals surface area (Å²) in [5, 5.41) is 0. The molecule has 2 heteroatoms. The molecule has 0 spiro atoms. The largest absolute Gasteiger partial charge is 0.427 e. The van der Waals surface area contributed by atoms with E-state index in [1.807, 2.05) is 37.3 Å². The lowest BCUT2D eigenvalue weighted by Gasteiger charge is -2.01. The van der Waals surface area contributed by atoms with Gasteiger partial charge in [-0.3, -0.25) is 4.79 Å². The van der Waals surface area contributed by atoms with Gasteiger partial charge in [-0.15, -0.1) is 0 Å². The molecule has 0 aliphatic carbocycles. The predicted octanol–water partition coefficient (Wildman–Crippen LogP) is 2.95. The van der Waals surface area contributed by atoms with Crippen LogP contribution in [0.15, 0.2) is 42.5 Å². The highest BCUT2D eigenvalue weighted by Gasteiger charge is 2.01. The molecule has 0 amide bonds. The van der Waals surface area contributed by atoms with Crippen LogP contribution in [0.5, 0.6) is 5.75 Å². The third-order valence-corrected chi connectivity index (χ3v) is 1.73. The molecular weight excluding hydrogens is 176 g/mol. The lowest BCUT2D eigenvalue weighted by Crippen LogP contribution is -2.06. The Balaban J connectivity index is 2.34. The number of hydrogen-bond acceptors (Lipinski definition) is 2. The third-order valence-electron chi connectivity index (χ3n) is 1.73. The van der Waals surface area contributed by atoms with Crippen LogP contribution in [0.3, 0.4) is 0 Å². The van der Waals surface area contributed by atoms with Gasteiger partial charge in [0.15, 0.2) is 0 Å². The molecule has 2 nitrogen and oxygen atoms in total. The molecule has 1 rings (SSSR count). The molecular formula is C12H14O2. The molecule has 0 heterocycles. The molecule has 0 atom stereocenters. The summed E-state index contributed by atoms with van der Waals surface area (Å²) >= 11 is 0. The van der Waals surface area contributed by atoms with Crippen molar-refractivity contribution in [3.05, 3.63) is 42.5 Å². The number of carbonyl (C=O) groups is 1. The number of allylic oxidation sites excluding steroid dienone is 2. The van der Waals surface area contributed by atoms with E-state index >= 15 is 0 Å². The maximum absolute atomic E-state index is 11.2. The number of carbonyl (C=O) groups excluding carboxylic acids is 1. The topological polar surface area (TPSA) is 26.3 Å². The van der Waals surface area contributed by atoms with Gasteiger partial charge in [0.25, 0.3) is 0 Å². The second kappa shape index (κ2) is 5.97. The van der Waals surface area contributed by atoms with Crippen molar-refractivity contribution in [3.8, 4) is 5.75 Å². The summed E-state index contributed by atoms with van der Waals surface area (Å²) in [6, 6.07) is 9.11. The van der Waals surface area contributed by atoms with Crippen LogP contribution < -0.4 is 4.74 Å². The zero-order valence-corrected chi connectivity index (χ0v) is 8.27. The standard InChI is InChI=1S/C12H14O2/c1-2-3-5-10-12(13)14-11-8-6-4-7-9-11/h2-4,6-9H,5,10H2,1H3. The number of rotatable bonds is 4. The first kappa shape index (κ1) is 10.5. The van der Waals surface area contributed by atoms with Crippen LogP contribution in [-0.4, -0.2) is 5.97 Å². The van der Waals surface area contributed by atoms with Gasteiger partial charge < -0.3 is 4.74 Å². The van der Waals surface area contributed by atoms with Gasteiger partial charge in [-0.25, -0.2) is 0 Å². The summed E-state index contributed by atoms with van der Waals surface area (Å²) in [5.74, 6) is 0.423. The number of para-hydroxylation sites is 1. The molecule has 0 bridgehead atoms. The van der Waals surface area contributed by atoms with Crippen molar-refractivity contribution in [2.75, 3.05) is 0 Å². The van der Waals surface area contributed by atoms with Gasteiger partial charge in [0.2, 0.25) is 0 Å². The summed E-state index contributed by atoms with van der Waals surface area (Å²) in [4.78, 5) is 11.2. The normalized spacial score (nSPS) is 10.4. The zero-order chi connectivity index (χ0) is 10.2. The second-order valence-corrected chi connectivity index (χ2v) is 2.89. The quantitative estimate of drug-likeness (QED) is 0.414. The third kappa shape index (κ3) is 3.90. The summed E-state index contributed by atoms with van der Waals surface area (Å²) < 4.78 is 5.09. The fourth-order valence-corrected chi connectivity index (χ4v) is 1.04. The Hall–Kier alpha value is -1.57. The Bertz CT molecular complexity index is 301. The molecule has 74 valence electrons. The maximum Gasteiger partial charge on any atom is 0.311 e. The Morgan fingerprint density at radius 2 is 2.07 bits per heavy atom. The summed E-state index contributed by atoms with van der Waals surface area (Å²) in [6.07, 6.45) is 5.05. The molecule has 0 aromatic heterocycles. The monoisotopic (exact) mass is 190 g/mol. The van der Waals surface area contributed by atoms with Gasteiger partial charge in [-0.2, -0.15) is 0 Å². The van der Waals surface area contributed by atoms with Crippen molar-refractivity contribution in [3.63, 3.8) is 0 Å². The number of hydrogen-bond donors (Lipinski definition) is 0. The minimum Gasteiger partial charge on any atom is -0.427 e. The van der Waals surface area contributed by atoms with E-state index in [1.54, 1.807) is 12.1 Å². The van der Waals surface area contributed by atoms with E-state index in [0.29, 0.717) is 12.2 Å². The van der Waals surface area contributed by atoms with Crippen LogP contribution in [0.2, 0.25) is 0 Å². The van der Waals surface area contributed by atoms with Crippen molar-refractivity contribution in [2.45, 2.75) is 19.8 Å². The van der Waals surface area contributed by atoms with Gasteiger partial charge in [0.1, 0.15) is 5.75 Å². The highest BCUT2D eigenvalue weighted by Crippen LogP contribution is 2.09. The SMILES string of the molecule is CC=CCCC(=O)Oc1ccccc1. The summed E-state index contributed by atoms with van der Waals surface area (Å²) in [5.41, 5.74) is 0. The second-order valence-electron chi connectivity index (χ2n) is 2.89. The van der Waals surface area contributed by atoms with Crippen LogP contribution in [0, 0.1) is 0 Å². The Labute approximate surface area is 84.2 Å². The van der Waals surface area contributed by atoms with E-state index in [0.717, 1.165) is 6.42 Å². The zero-order valence-electron chi connectivity index (χ0n) is 8.27. The van der Waals surface area contributed by atoms with E-state index in [2.05, 4.69) is 0 Å². The van der Waals surface area contributed by atoms with E-state index in [-0.39, 0.29) is 5.97 Å². The molecule has 14 heavy (non-hydrogen) atoms.